The molecule has 0 spiro atoms. The number of carbonyl (C=O) groups excluding carboxylic acids is 4. The molecule has 1 amide bonds. The number of rotatable bonds is 8. The minimum Gasteiger partial charge on any atom is -0.506 e. The summed E-state index contributed by atoms with van der Waals surface area (Å²) in [4.78, 5) is 72.0. The number of amides is 1. The predicted molar refractivity (Wildman–Crippen MR) is 220 cm³/mol. The number of aliphatic hydroxyl groups is 1. The number of hydrogen-bond donors (Lipinski definition) is 2. The van der Waals surface area contributed by atoms with Crippen LogP contribution in [0, 0.1) is 30.6 Å². The molecular weight excluding hydrogens is 775 g/mol. The number of aliphatic hydroxyl groups excluding tert-OH is 1. The zero-order valence-corrected chi connectivity index (χ0v) is 37.2. The number of nitrogens with zero attached hydrogens (tertiary/aromatic N) is 5. The quantitative estimate of drug-likeness (QED) is 0.286. The Morgan fingerprint density at radius 3 is 2.35 bits per heavy atom. The molecule has 0 radical (unpaired) electrons. The van der Waals surface area contributed by atoms with Crippen LogP contribution in [0.1, 0.15) is 85.9 Å². The Labute approximate surface area is 353 Å². The Bertz CT molecular complexity index is 1940. The van der Waals surface area contributed by atoms with Gasteiger partial charge < -0.3 is 38.8 Å². The molecule has 4 saturated heterocycles. The lowest BCUT2D eigenvalue weighted by Gasteiger charge is -2.48. The number of fused-ring (bicyclic) bond motifs is 2. The summed E-state index contributed by atoms with van der Waals surface area (Å²) in [5.74, 6) is -5.08. The van der Waals surface area contributed by atoms with Gasteiger partial charge in [0, 0.05) is 62.3 Å². The summed E-state index contributed by atoms with van der Waals surface area (Å²) in [5, 5.41) is 22.5. The zero-order valence-electron chi connectivity index (χ0n) is 37.2. The average Bonchev–Trinajstić information content (AvgIpc) is 3.46. The highest BCUT2D eigenvalue weighted by Gasteiger charge is 2.62. The van der Waals surface area contributed by atoms with E-state index in [0.29, 0.717) is 48.3 Å². The summed E-state index contributed by atoms with van der Waals surface area (Å²) < 4.78 is 31.4. The molecular formula is C44H65N5O11. The summed E-state index contributed by atoms with van der Waals surface area (Å²) in [6.07, 6.45) is -2.61. The number of esters is 1. The van der Waals surface area contributed by atoms with E-state index in [0.717, 1.165) is 0 Å². The number of carbonyl (C=O) groups is 4. The van der Waals surface area contributed by atoms with Gasteiger partial charge in [-0.25, -0.2) is 9.78 Å². The summed E-state index contributed by atoms with van der Waals surface area (Å²) in [7, 11) is 5.22. The number of cyclic esters (lactones) is 1. The number of pyridine rings is 2. The van der Waals surface area contributed by atoms with E-state index < -0.39 is 83.4 Å². The molecule has 0 aliphatic carbocycles. The first-order valence-electron chi connectivity index (χ1n) is 21.3. The third-order valence-electron chi connectivity index (χ3n) is 13.8. The van der Waals surface area contributed by atoms with Gasteiger partial charge in [-0.1, -0.05) is 27.7 Å². The first-order valence-corrected chi connectivity index (χ1v) is 21.3. The van der Waals surface area contributed by atoms with Gasteiger partial charge in [0.25, 0.3) is 0 Å². The Kier molecular flexibility index (Phi) is 13.4. The number of aromatic nitrogens is 2. The van der Waals surface area contributed by atoms with Crippen LogP contribution in [0.2, 0.25) is 0 Å². The van der Waals surface area contributed by atoms with Gasteiger partial charge in [-0.05, 0) is 80.1 Å². The van der Waals surface area contributed by atoms with Crippen molar-refractivity contribution in [3.8, 4) is 5.75 Å². The number of hydrogen-bond acceptors (Lipinski definition) is 15. The number of likely N-dealkylation sites (tertiary alicyclic amines) is 1. The Hall–Kier alpha value is -3.80. The Morgan fingerprint density at radius 1 is 1.03 bits per heavy atom. The third-order valence-corrected chi connectivity index (χ3v) is 13.8. The molecule has 16 heteroatoms. The number of methoxy groups -OCH3 is 1. The smallest absolute Gasteiger partial charge is 0.411 e. The molecule has 2 aromatic rings. The number of likely N-dealkylation sites (N-methyl/N-ethyl adjacent to an activating group) is 1. The van der Waals surface area contributed by atoms with Gasteiger partial charge in [-0.3, -0.25) is 29.2 Å². The summed E-state index contributed by atoms with van der Waals surface area (Å²) in [6.45, 7) is 16.8. The number of Topliss-reactive ketones (excluding diaryl/α,β-unsaturated/α-hetero) is 2. The Balaban J connectivity index is 1.33. The van der Waals surface area contributed by atoms with E-state index in [4.69, 9.17) is 23.7 Å². The SMILES string of the molecule is CC[C@H]1OC(=O)[C@H](C)C(=O)[C@H](C)[C@@H](O[C@H]2O[C@H](C)C[C@H](N(C)C)[C@H]2O)[C@](C)(OC)C[C@@H](C)C(=O)[C@H](C)C2N(C3CN(Cc4c(O)c(C)nc5cccnc45)C3)C(=O)O[C@@]21C. The second kappa shape index (κ2) is 17.5. The van der Waals surface area contributed by atoms with Crippen LogP contribution in [-0.2, 0) is 44.6 Å². The average molecular weight is 840 g/mol. The number of aromatic hydroxyl groups is 1. The third kappa shape index (κ3) is 8.27. The van der Waals surface area contributed by atoms with E-state index in [1.165, 1.54) is 14.0 Å². The highest BCUT2D eigenvalue weighted by Crippen LogP contribution is 2.45. The topological polar surface area (TPSA) is 190 Å². The van der Waals surface area contributed by atoms with Crippen LogP contribution in [0.4, 0.5) is 4.79 Å². The standard InChI is InChI=1S/C44H65N5O11/c1-13-32-44(9)38(49(42(55)60-44)28-19-48(20-28)21-29-33-30(15-14-16-45-33)46-27(7)36(29)52)24(4)34(50)22(2)18-43(8,56-12)39(25(5)35(51)26(6)40(54)58-32)59-41-37(53)31(47(10)11)17-23(3)57-41/h14-16,22-26,28,31-32,37-39,41,52-53H,13,17-21H2,1-12H3/t22-,23-,24+,25+,26-,31+,32-,37-,38?,39-,41-,43-,44-/m1/s1. The van der Waals surface area contributed by atoms with Crippen molar-refractivity contribution in [1.29, 1.82) is 0 Å². The van der Waals surface area contributed by atoms with Gasteiger partial charge in [0.15, 0.2) is 17.7 Å². The van der Waals surface area contributed by atoms with E-state index >= 15 is 0 Å². The fourth-order valence-corrected chi connectivity index (χ4v) is 10.3. The van der Waals surface area contributed by atoms with Gasteiger partial charge in [0.2, 0.25) is 0 Å². The molecule has 0 saturated carbocycles. The molecule has 0 bridgehead atoms. The normalized spacial score (nSPS) is 37.8. The molecule has 4 fully saturated rings. The van der Waals surface area contributed by atoms with Crippen LogP contribution < -0.4 is 0 Å². The molecule has 16 nitrogen and oxygen atoms in total. The highest BCUT2D eigenvalue weighted by molar-refractivity contribution is 6.00. The molecule has 1 unspecified atom stereocenters. The fourth-order valence-electron chi connectivity index (χ4n) is 10.3. The maximum Gasteiger partial charge on any atom is 0.411 e. The van der Waals surface area contributed by atoms with Crippen LogP contribution in [0.25, 0.3) is 11.0 Å². The van der Waals surface area contributed by atoms with E-state index in [2.05, 4.69) is 14.9 Å². The summed E-state index contributed by atoms with van der Waals surface area (Å²) >= 11 is 0. The molecule has 2 aromatic heterocycles. The number of ether oxygens (including phenoxy) is 5. The molecule has 2 N–H and O–H groups in total. The lowest BCUT2D eigenvalue weighted by atomic mass is 9.73. The fraction of sp³-hybridized carbons (Fsp3) is 0.727. The van der Waals surface area contributed by atoms with Crippen molar-refractivity contribution in [3.63, 3.8) is 0 Å². The maximum atomic E-state index is 14.9. The molecule has 60 heavy (non-hydrogen) atoms. The first kappa shape index (κ1) is 45.7. The van der Waals surface area contributed by atoms with Gasteiger partial charge in [-0.15, -0.1) is 0 Å². The number of ketones is 2. The second-order valence-electron chi connectivity index (χ2n) is 18.3. The van der Waals surface area contributed by atoms with Gasteiger partial charge in [0.05, 0.1) is 46.6 Å². The molecule has 0 aromatic carbocycles. The molecule has 4 aliphatic heterocycles. The van der Waals surface area contributed by atoms with Gasteiger partial charge in [0.1, 0.15) is 29.7 Å². The summed E-state index contributed by atoms with van der Waals surface area (Å²) in [5.41, 5.74) is -0.367. The molecule has 6 heterocycles. The van der Waals surface area contributed by atoms with E-state index in [1.807, 2.05) is 38.9 Å². The monoisotopic (exact) mass is 839 g/mol. The highest BCUT2D eigenvalue weighted by atomic mass is 16.7. The summed E-state index contributed by atoms with van der Waals surface area (Å²) in [6, 6.07) is 2.12. The minimum absolute atomic E-state index is 0.0669. The van der Waals surface area contributed by atoms with Crippen molar-refractivity contribution >= 4 is 34.7 Å². The van der Waals surface area contributed by atoms with Crippen LogP contribution in [0.5, 0.6) is 5.75 Å². The van der Waals surface area contributed by atoms with E-state index in [-0.39, 0.29) is 42.6 Å². The van der Waals surface area contributed by atoms with Crippen molar-refractivity contribution in [1.82, 2.24) is 24.7 Å². The van der Waals surface area contributed by atoms with Crippen LogP contribution >= 0.6 is 0 Å². The van der Waals surface area contributed by atoms with Crippen molar-refractivity contribution < 1.29 is 53.1 Å². The lowest BCUT2D eigenvalue weighted by molar-refractivity contribution is -0.295. The molecule has 332 valence electrons. The minimum atomic E-state index is -1.46. The number of aryl methyl sites for hydroxylation is 1. The van der Waals surface area contributed by atoms with Crippen molar-refractivity contribution in [3.05, 3.63) is 29.6 Å². The van der Waals surface area contributed by atoms with E-state index in [1.54, 1.807) is 58.7 Å². The first-order chi connectivity index (χ1) is 28.2. The van der Waals surface area contributed by atoms with Crippen LogP contribution in [-0.4, -0.2) is 153 Å². The van der Waals surface area contributed by atoms with Crippen molar-refractivity contribution in [2.24, 2.45) is 23.7 Å². The van der Waals surface area contributed by atoms with Gasteiger partial charge in [-0.2, -0.15) is 0 Å². The predicted octanol–water partition coefficient (Wildman–Crippen LogP) is 4.03. The van der Waals surface area contributed by atoms with E-state index in [9.17, 15) is 29.4 Å². The lowest BCUT2D eigenvalue weighted by Crippen LogP contribution is -2.65. The maximum absolute atomic E-state index is 14.9. The molecule has 4 aliphatic rings. The second-order valence-corrected chi connectivity index (χ2v) is 18.3. The molecule has 13 atom stereocenters. The van der Waals surface area contributed by atoms with Crippen LogP contribution in [0.15, 0.2) is 18.3 Å². The van der Waals surface area contributed by atoms with Crippen LogP contribution in [0.3, 0.4) is 0 Å². The largest absolute Gasteiger partial charge is 0.506 e. The zero-order chi connectivity index (χ0) is 44.2. The molecule has 6 rings (SSSR count). The van der Waals surface area contributed by atoms with Gasteiger partial charge >= 0.3 is 12.1 Å². The van der Waals surface area contributed by atoms with Crippen molar-refractivity contribution in [2.75, 3.05) is 34.3 Å². The van der Waals surface area contributed by atoms with Crippen molar-refractivity contribution in [2.45, 2.75) is 148 Å². The Morgan fingerprint density at radius 2 is 1.72 bits per heavy atom.